The van der Waals surface area contributed by atoms with Gasteiger partial charge in [0.15, 0.2) is 0 Å². The summed E-state index contributed by atoms with van der Waals surface area (Å²) in [5.74, 6) is 0.852. The Morgan fingerprint density at radius 3 is 2.86 bits per heavy atom. The van der Waals surface area contributed by atoms with Crippen molar-refractivity contribution in [3.63, 3.8) is 0 Å². The van der Waals surface area contributed by atoms with Gasteiger partial charge in [0.05, 0.1) is 13.7 Å². The summed E-state index contributed by atoms with van der Waals surface area (Å²) in [6.07, 6.45) is 2.30. The largest absolute Gasteiger partial charge is 0.497 e. The van der Waals surface area contributed by atoms with Crippen LogP contribution in [0.3, 0.4) is 0 Å². The number of aryl methyl sites for hydroxylation is 1. The first-order chi connectivity index (χ1) is 6.77. The summed E-state index contributed by atoms with van der Waals surface area (Å²) in [4.78, 5) is 13.4. The van der Waals surface area contributed by atoms with E-state index in [4.69, 9.17) is 4.74 Å². The highest BCUT2D eigenvalue weighted by molar-refractivity contribution is 5.36. The van der Waals surface area contributed by atoms with Crippen LogP contribution >= 0.6 is 0 Å². The third kappa shape index (κ3) is 2.71. The Morgan fingerprint density at radius 2 is 2.29 bits per heavy atom. The Morgan fingerprint density at radius 1 is 1.50 bits per heavy atom. The minimum Gasteiger partial charge on any atom is -0.497 e. The van der Waals surface area contributed by atoms with Crippen LogP contribution in [0.5, 0.6) is 5.75 Å². The van der Waals surface area contributed by atoms with Gasteiger partial charge in [-0.3, -0.25) is 0 Å². The van der Waals surface area contributed by atoms with Gasteiger partial charge in [-0.2, -0.15) is 0 Å². The molecular weight excluding hydrogens is 178 g/mol. The number of ether oxygens (including phenoxy) is 1. The molecule has 3 heteroatoms. The second kappa shape index (κ2) is 5.20. The summed E-state index contributed by atoms with van der Waals surface area (Å²) in [5, 5.41) is 0. The number of nitrogens with zero attached hydrogens (tertiary/aromatic N) is 1. The Balaban J connectivity index is 2.73. The summed E-state index contributed by atoms with van der Waals surface area (Å²) in [6.45, 7) is 2.51. The third-order valence-electron chi connectivity index (χ3n) is 2.11. The number of rotatable bonds is 4. The van der Waals surface area contributed by atoms with Gasteiger partial charge in [-0.25, -0.2) is 9.79 Å². The maximum absolute atomic E-state index is 9.87. The number of methoxy groups -OCH3 is 1. The van der Waals surface area contributed by atoms with Gasteiger partial charge < -0.3 is 4.74 Å². The highest BCUT2D eigenvalue weighted by Gasteiger charge is 1.99. The number of carbonyl (C=O) groups excluding carboxylic acids is 1. The maximum atomic E-state index is 9.87. The molecule has 74 valence electrons. The number of hydrogen-bond donors (Lipinski definition) is 0. The number of benzene rings is 1. The van der Waals surface area contributed by atoms with Crippen molar-refractivity contribution in [3.05, 3.63) is 29.3 Å². The van der Waals surface area contributed by atoms with Crippen molar-refractivity contribution in [1.29, 1.82) is 0 Å². The maximum Gasteiger partial charge on any atom is 0.234 e. The molecule has 1 aromatic carbocycles. The molecule has 0 aliphatic rings. The van der Waals surface area contributed by atoms with Crippen molar-refractivity contribution in [3.8, 4) is 5.75 Å². The lowest BCUT2D eigenvalue weighted by molar-refractivity contribution is 0.414. The minimum atomic E-state index is 0.497. The van der Waals surface area contributed by atoms with Crippen LogP contribution < -0.4 is 4.74 Å². The van der Waals surface area contributed by atoms with Crippen molar-refractivity contribution in [1.82, 2.24) is 0 Å². The van der Waals surface area contributed by atoms with Crippen molar-refractivity contribution in [2.75, 3.05) is 13.7 Å². The molecule has 0 radical (unpaired) electrons. The average Bonchev–Trinajstić information content (AvgIpc) is 2.20. The summed E-state index contributed by atoms with van der Waals surface area (Å²) in [6, 6.07) is 5.88. The smallest absolute Gasteiger partial charge is 0.234 e. The Labute approximate surface area is 83.4 Å². The molecule has 0 spiro atoms. The normalized spacial score (nSPS) is 9.29. The van der Waals surface area contributed by atoms with Crippen LogP contribution in [-0.2, 0) is 11.2 Å². The predicted molar refractivity (Wildman–Crippen MR) is 54.4 cm³/mol. The molecule has 0 aliphatic heterocycles. The molecule has 14 heavy (non-hydrogen) atoms. The van der Waals surface area contributed by atoms with Crippen molar-refractivity contribution in [2.45, 2.75) is 13.3 Å². The van der Waals surface area contributed by atoms with Gasteiger partial charge in [-0.1, -0.05) is 6.07 Å². The fraction of sp³-hybridized carbons (Fsp3) is 0.364. The van der Waals surface area contributed by atoms with E-state index in [1.807, 2.05) is 25.1 Å². The van der Waals surface area contributed by atoms with E-state index in [1.54, 1.807) is 7.11 Å². The van der Waals surface area contributed by atoms with Crippen LogP contribution in [0.2, 0.25) is 0 Å². The van der Waals surface area contributed by atoms with Crippen LogP contribution in [0.15, 0.2) is 23.2 Å². The molecule has 0 aromatic heterocycles. The zero-order chi connectivity index (χ0) is 10.4. The number of isocyanates is 1. The molecule has 3 nitrogen and oxygen atoms in total. The zero-order valence-electron chi connectivity index (χ0n) is 8.41. The Hall–Kier alpha value is -1.60. The molecule has 0 saturated heterocycles. The molecule has 0 heterocycles. The standard InChI is InChI=1S/C11H13NO2/c1-9-7-11(14-2)4-3-10(9)5-6-12-8-13/h3-4,7H,5-6H2,1-2H3. The summed E-state index contributed by atoms with van der Waals surface area (Å²) < 4.78 is 5.09. The monoisotopic (exact) mass is 191 g/mol. The second-order valence-electron chi connectivity index (χ2n) is 3.02. The van der Waals surface area contributed by atoms with Gasteiger partial charge in [0.25, 0.3) is 0 Å². The lowest BCUT2D eigenvalue weighted by Crippen LogP contribution is -1.94. The van der Waals surface area contributed by atoms with Crippen molar-refractivity contribution < 1.29 is 9.53 Å². The van der Waals surface area contributed by atoms with E-state index in [2.05, 4.69) is 4.99 Å². The molecule has 0 atom stereocenters. The van der Waals surface area contributed by atoms with Crippen LogP contribution in [-0.4, -0.2) is 19.7 Å². The lowest BCUT2D eigenvalue weighted by Gasteiger charge is -2.05. The first kappa shape index (κ1) is 10.5. The van der Waals surface area contributed by atoms with E-state index in [9.17, 15) is 4.79 Å². The first-order valence-electron chi connectivity index (χ1n) is 4.45. The lowest BCUT2D eigenvalue weighted by atomic mass is 10.1. The Bertz CT molecular complexity index is 354. The minimum absolute atomic E-state index is 0.497. The first-order valence-corrected chi connectivity index (χ1v) is 4.45. The molecule has 0 fully saturated rings. The molecule has 1 rings (SSSR count). The highest BCUT2D eigenvalue weighted by atomic mass is 16.5. The number of aliphatic imine (C=N–C) groups is 1. The Kier molecular flexibility index (Phi) is 3.89. The quantitative estimate of drug-likeness (QED) is 0.538. The van der Waals surface area contributed by atoms with Gasteiger partial charge in [0, 0.05) is 0 Å². The van der Waals surface area contributed by atoms with Crippen molar-refractivity contribution in [2.24, 2.45) is 4.99 Å². The highest BCUT2D eigenvalue weighted by Crippen LogP contribution is 2.17. The predicted octanol–water partition coefficient (Wildman–Crippen LogP) is 1.88. The van der Waals surface area contributed by atoms with E-state index in [0.717, 1.165) is 17.7 Å². The van der Waals surface area contributed by atoms with Gasteiger partial charge in [0.1, 0.15) is 5.75 Å². The van der Waals surface area contributed by atoms with Crippen LogP contribution in [0, 0.1) is 6.92 Å². The van der Waals surface area contributed by atoms with E-state index < -0.39 is 0 Å². The average molecular weight is 191 g/mol. The van der Waals surface area contributed by atoms with E-state index in [1.165, 1.54) is 11.6 Å². The SMILES string of the molecule is COc1ccc(CCN=C=O)c(C)c1. The molecular formula is C11H13NO2. The van der Waals surface area contributed by atoms with Crippen LogP contribution in [0.25, 0.3) is 0 Å². The second-order valence-corrected chi connectivity index (χ2v) is 3.02. The van der Waals surface area contributed by atoms with Gasteiger partial charge in [-0.15, -0.1) is 0 Å². The molecule has 0 saturated carbocycles. The van der Waals surface area contributed by atoms with Crippen LogP contribution in [0.1, 0.15) is 11.1 Å². The third-order valence-corrected chi connectivity index (χ3v) is 2.11. The summed E-state index contributed by atoms with van der Waals surface area (Å²) in [7, 11) is 1.64. The van der Waals surface area contributed by atoms with Gasteiger partial charge in [-0.05, 0) is 36.6 Å². The zero-order valence-corrected chi connectivity index (χ0v) is 8.41. The molecule has 0 unspecified atom stereocenters. The van der Waals surface area contributed by atoms with Crippen LogP contribution in [0.4, 0.5) is 0 Å². The molecule has 0 bridgehead atoms. The van der Waals surface area contributed by atoms with E-state index in [-0.39, 0.29) is 0 Å². The summed E-state index contributed by atoms with van der Waals surface area (Å²) >= 11 is 0. The van der Waals surface area contributed by atoms with Crippen molar-refractivity contribution >= 4 is 6.08 Å². The van der Waals surface area contributed by atoms with E-state index in [0.29, 0.717) is 6.54 Å². The topological polar surface area (TPSA) is 38.7 Å². The summed E-state index contributed by atoms with van der Waals surface area (Å²) in [5.41, 5.74) is 2.34. The van der Waals surface area contributed by atoms with E-state index >= 15 is 0 Å². The number of hydrogen-bond acceptors (Lipinski definition) is 3. The molecule has 1 aromatic rings. The van der Waals surface area contributed by atoms with Gasteiger partial charge in [0.2, 0.25) is 6.08 Å². The fourth-order valence-electron chi connectivity index (χ4n) is 1.30. The molecule has 0 N–H and O–H groups in total. The van der Waals surface area contributed by atoms with Gasteiger partial charge >= 0.3 is 0 Å². The fourth-order valence-corrected chi connectivity index (χ4v) is 1.30. The molecule has 0 amide bonds. The molecule has 0 aliphatic carbocycles.